The molecule has 0 saturated carbocycles. The zero-order valence-corrected chi connectivity index (χ0v) is 15.3. The van der Waals surface area contributed by atoms with Crippen LogP contribution in [0.3, 0.4) is 0 Å². The van der Waals surface area contributed by atoms with Crippen LogP contribution in [0.4, 0.5) is 15.8 Å². The van der Waals surface area contributed by atoms with Crippen LogP contribution in [-0.4, -0.2) is 44.6 Å². The molecule has 0 spiro atoms. The summed E-state index contributed by atoms with van der Waals surface area (Å²) in [5.74, 6) is -0.332. The highest BCUT2D eigenvalue weighted by atomic mass is 19.1. The Morgan fingerprint density at radius 1 is 1.29 bits per heavy atom. The van der Waals surface area contributed by atoms with Crippen molar-refractivity contribution in [1.82, 2.24) is 0 Å². The predicted octanol–water partition coefficient (Wildman–Crippen LogP) is 3.13. The molecular formula is C19H20FN3O5. The fourth-order valence-corrected chi connectivity index (χ4v) is 2.85. The van der Waals surface area contributed by atoms with Crippen LogP contribution < -0.4 is 9.64 Å². The number of nitro groups is 1. The topological polar surface area (TPSA) is 86.4 Å². The maximum atomic E-state index is 13.6. The van der Waals surface area contributed by atoms with E-state index in [1.165, 1.54) is 31.5 Å². The lowest BCUT2D eigenvalue weighted by molar-refractivity contribution is -0.384. The van der Waals surface area contributed by atoms with Crippen LogP contribution >= 0.6 is 0 Å². The van der Waals surface area contributed by atoms with Crippen molar-refractivity contribution < 1.29 is 23.6 Å². The minimum Gasteiger partial charge on any atom is -0.494 e. The van der Waals surface area contributed by atoms with E-state index in [4.69, 9.17) is 14.3 Å². The summed E-state index contributed by atoms with van der Waals surface area (Å²) in [5, 5.41) is 15.3. The van der Waals surface area contributed by atoms with Crippen molar-refractivity contribution in [1.29, 1.82) is 0 Å². The number of anilines is 1. The lowest BCUT2D eigenvalue weighted by Gasteiger charge is -2.28. The Balaban J connectivity index is 1.65. The Bertz CT molecular complexity index is 869. The van der Waals surface area contributed by atoms with Crippen LogP contribution in [0.15, 0.2) is 41.6 Å². The molecule has 1 aliphatic heterocycles. The molecule has 148 valence electrons. The Hall–Kier alpha value is -3.20. The highest BCUT2D eigenvalue weighted by Gasteiger charge is 2.21. The van der Waals surface area contributed by atoms with Gasteiger partial charge in [-0.15, -0.1) is 0 Å². The molecule has 2 aromatic rings. The van der Waals surface area contributed by atoms with Crippen LogP contribution in [0.2, 0.25) is 0 Å². The number of ether oxygens (including phenoxy) is 2. The average molecular weight is 389 g/mol. The molecule has 0 unspecified atom stereocenters. The van der Waals surface area contributed by atoms with Gasteiger partial charge in [0.2, 0.25) is 0 Å². The number of morpholine rings is 1. The summed E-state index contributed by atoms with van der Waals surface area (Å²) in [7, 11) is 1.39. The van der Waals surface area contributed by atoms with Gasteiger partial charge in [0.15, 0.2) is 11.6 Å². The lowest BCUT2D eigenvalue weighted by atomic mass is 10.1. The maximum absolute atomic E-state index is 13.6. The van der Waals surface area contributed by atoms with Gasteiger partial charge in [-0.05, 0) is 23.8 Å². The summed E-state index contributed by atoms with van der Waals surface area (Å²) >= 11 is 0. The fourth-order valence-electron chi connectivity index (χ4n) is 2.85. The summed E-state index contributed by atoms with van der Waals surface area (Å²) in [4.78, 5) is 18.1. The molecule has 9 heteroatoms. The van der Waals surface area contributed by atoms with Gasteiger partial charge in [-0.25, -0.2) is 4.39 Å². The second-order valence-electron chi connectivity index (χ2n) is 6.08. The molecule has 8 nitrogen and oxygen atoms in total. The van der Waals surface area contributed by atoms with Gasteiger partial charge in [-0.2, -0.15) is 0 Å². The first-order chi connectivity index (χ1) is 13.6. The van der Waals surface area contributed by atoms with Crippen molar-refractivity contribution in [3.05, 3.63) is 63.5 Å². The van der Waals surface area contributed by atoms with E-state index in [0.717, 1.165) is 0 Å². The molecule has 3 rings (SSSR count). The molecule has 0 aromatic heterocycles. The van der Waals surface area contributed by atoms with Gasteiger partial charge in [0.05, 0.1) is 31.5 Å². The normalized spacial score (nSPS) is 14.3. The third-order valence-corrected chi connectivity index (χ3v) is 4.27. The number of hydrogen-bond donors (Lipinski definition) is 0. The molecule has 0 amide bonds. The van der Waals surface area contributed by atoms with E-state index in [1.807, 2.05) is 4.90 Å². The zero-order chi connectivity index (χ0) is 19.9. The Labute approximate surface area is 161 Å². The Morgan fingerprint density at radius 3 is 2.75 bits per heavy atom. The van der Waals surface area contributed by atoms with Gasteiger partial charge in [-0.1, -0.05) is 17.3 Å². The number of methoxy groups -OCH3 is 1. The van der Waals surface area contributed by atoms with Crippen LogP contribution in [0, 0.1) is 15.9 Å². The quantitative estimate of drug-likeness (QED) is 0.411. The first-order valence-electron chi connectivity index (χ1n) is 8.67. The second kappa shape index (κ2) is 9.14. The summed E-state index contributed by atoms with van der Waals surface area (Å²) in [6.45, 7) is 2.36. The first-order valence-corrected chi connectivity index (χ1v) is 8.67. The highest BCUT2D eigenvalue weighted by molar-refractivity contribution is 5.82. The summed E-state index contributed by atoms with van der Waals surface area (Å²) in [6, 6.07) is 9.35. The minimum absolute atomic E-state index is 0.00285. The Morgan fingerprint density at radius 2 is 2.07 bits per heavy atom. The van der Waals surface area contributed by atoms with Gasteiger partial charge in [-0.3, -0.25) is 10.1 Å². The predicted molar refractivity (Wildman–Crippen MR) is 101 cm³/mol. The van der Waals surface area contributed by atoms with E-state index in [0.29, 0.717) is 43.1 Å². The second-order valence-corrected chi connectivity index (χ2v) is 6.08. The molecule has 28 heavy (non-hydrogen) atoms. The van der Waals surface area contributed by atoms with E-state index in [2.05, 4.69) is 5.16 Å². The number of benzene rings is 2. The van der Waals surface area contributed by atoms with Crippen molar-refractivity contribution in [2.24, 2.45) is 5.16 Å². The largest absolute Gasteiger partial charge is 0.494 e. The van der Waals surface area contributed by atoms with Crippen molar-refractivity contribution >= 4 is 17.6 Å². The van der Waals surface area contributed by atoms with Gasteiger partial charge < -0.3 is 19.2 Å². The molecule has 2 aromatic carbocycles. The summed E-state index contributed by atoms with van der Waals surface area (Å²) in [5.41, 5.74) is 1.68. The monoisotopic (exact) mass is 389 g/mol. The molecule has 0 radical (unpaired) electrons. The van der Waals surface area contributed by atoms with E-state index in [9.17, 15) is 14.5 Å². The number of rotatable bonds is 7. The van der Waals surface area contributed by atoms with Gasteiger partial charge in [0, 0.05) is 24.7 Å². The summed E-state index contributed by atoms with van der Waals surface area (Å²) < 4.78 is 23.8. The van der Waals surface area contributed by atoms with E-state index < -0.39 is 10.7 Å². The molecule has 0 N–H and O–H groups in total. The van der Waals surface area contributed by atoms with Crippen LogP contribution in [0.25, 0.3) is 0 Å². The van der Waals surface area contributed by atoms with Gasteiger partial charge in [0.25, 0.3) is 5.69 Å². The zero-order valence-electron chi connectivity index (χ0n) is 15.3. The number of hydrogen-bond acceptors (Lipinski definition) is 7. The van der Waals surface area contributed by atoms with Crippen molar-refractivity contribution in [3.63, 3.8) is 0 Å². The van der Waals surface area contributed by atoms with Crippen molar-refractivity contribution in [3.8, 4) is 5.75 Å². The van der Waals surface area contributed by atoms with Crippen LogP contribution in [-0.2, 0) is 16.2 Å². The molecule has 1 fully saturated rings. The minimum atomic E-state index is -0.484. The highest BCUT2D eigenvalue weighted by Crippen LogP contribution is 2.29. The van der Waals surface area contributed by atoms with E-state index >= 15 is 0 Å². The first kappa shape index (κ1) is 19.6. The molecule has 0 bridgehead atoms. The average Bonchev–Trinajstić information content (AvgIpc) is 2.72. The van der Waals surface area contributed by atoms with Crippen molar-refractivity contribution in [2.45, 2.75) is 6.61 Å². The number of oxime groups is 1. The van der Waals surface area contributed by atoms with Crippen molar-refractivity contribution in [2.75, 3.05) is 38.3 Å². The number of nitrogens with zero attached hydrogens (tertiary/aromatic N) is 3. The van der Waals surface area contributed by atoms with Gasteiger partial charge >= 0.3 is 0 Å². The Kier molecular flexibility index (Phi) is 6.38. The van der Waals surface area contributed by atoms with Gasteiger partial charge in [0.1, 0.15) is 12.3 Å². The van der Waals surface area contributed by atoms with E-state index in [1.54, 1.807) is 18.2 Å². The third kappa shape index (κ3) is 4.74. The lowest BCUT2D eigenvalue weighted by Crippen LogP contribution is -2.36. The number of nitro benzene ring substituents is 1. The number of halogens is 1. The molecular weight excluding hydrogens is 369 g/mol. The molecule has 1 aliphatic rings. The molecule has 0 aliphatic carbocycles. The summed E-state index contributed by atoms with van der Waals surface area (Å²) in [6.07, 6.45) is 1.38. The SMILES string of the molecule is COc1ccc(CO/N=C\c2ccc(N3CCOCC3)c([N+](=O)[O-])c2)cc1F. The third-order valence-electron chi connectivity index (χ3n) is 4.27. The van der Waals surface area contributed by atoms with Crippen LogP contribution in [0.5, 0.6) is 5.75 Å². The smallest absolute Gasteiger partial charge is 0.293 e. The molecule has 1 saturated heterocycles. The fraction of sp³-hybridized carbons (Fsp3) is 0.316. The van der Waals surface area contributed by atoms with Crippen LogP contribution in [0.1, 0.15) is 11.1 Å². The maximum Gasteiger partial charge on any atom is 0.293 e. The standard InChI is InChI=1S/C19H20FN3O5/c1-26-19-5-3-15(10-16(19)20)13-28-21-12-14-2-4-17(18(11-14)23(24)25)22-6-8-27-9-7-22/h2-5,10-12H,6-9,13H2,1H3/b21-12-. The van der Waals surface area contributed by atoms with E-state index in [-0.39, 0.29) is 18.0 Å². The molecule has 1 heterocycles. The molecule has 0 atom stereocenters.